The van der Waals surface area contributed by atoms with E-state index in [2.05, 4.69) is 11.9 Å². The fraction of sp³-hybridized carbons (Fsp3) is 0.562. The number of likely N-dealkylation sites (tertiary alicyclic amines) is 1. The molecule has 2 rings (SSSR count). The Morgan fingerprint density at radius 1 is 1.45 bits per heavy atom. The van der Waals surface area contributed by atoms with Crippen molar-refractivity contribution in [3.63, 3.8) is 0 Å². The SMILES string of the molecule is CN(CCC1CCCCN1C)C(=O)c1cccc(N)c1. The Morgan fingerprint density at radius 3 is 2.95 bits per heavy atom. The summed E-state index contributed by atoms with van der Waals surface area (Å²) in [5, 5.41) is 0. The molecule has 20 heavy (non-hydrogen) atoms. The van der Waals surface area contributed by atoms with Crippen LogP contribution in [0.1, 0.15) is 36.0 Å². The molecule has 1 aliphatic heterocycles. The molecular formula is C16H25N3O. The maximum absolute atomic E-state index is 12.3. The average molecular weight is 275 g/mol. The van der Waals surface area contributed by atoms with E-state index < -0.39 is 0 Å². The van der Waals surface area contributed by atoms with Gasteiger partial charge in [-0.2, -0.15) is 0 Å². The fourth-order valence-electron chi connectivity index (χ4n) is 2.85. The van der Waals surface area contributed by atoms with E-state index in [1.54, 1.807) is 17.0 Å². The molecule has 0 aliphatic carbocycles. The highest BCUT2D eigenvalue weighted by Gasteiger charge is 2.20. The summed E-state index contributed by atoms with van der Waals surface area (Å²) in [6, 6.07) is 7.80. The van der Waals surface area contributed by atoms with Gasteiger partial charge < -0.3 is 15.5 Å². The number of hydrogen-bond donors (Lipinski definition) is 1. The van der Waals surface area contributed by atoms with E-state index in [0.717, 1.165) is 13.0 Å². The fourth-order valence-corrected chi connectivity index (χ4v) is 2.85. The van der Waals surface area contributed by atoms with E-state index in [-0.39, 0.29) is 5.91 Å². The van der Waals surface area contributed by atoms with Gasteiger partial charge in [-0.25, -0.2) is 0 Å². The van der Waals surface area contributed by atoms with Gasteiger partial charge in [0.25, 0.3) is 5.91 Å². The first kappa shape index (κ1) is 14.9. The number of carbonyl (C=O) groups is 1. The van der Waals surface area contributed by atoms with Crippen molar-refractivity contribution in [1.29, 1.82) is 0 Å². The Morgan fingerprint density at radius 2 is 2.25 bits per heavy atom. The van der Waals surface area contributed by atoms with Crippen LogP contribution in [-0.2, 0) is 0 Å². The predicted octanol–water partition coefficient (Wildman–Crippen LogP) is 2.22. The molecule has 1 fully saturated rings. The lowest BCUT2D eigenvalue weighted by Crippen LogP contribution is -2.39. The van der Waals surface area contributed by atoms with Crippen LogP contribution in [0.5, 0.6) is 0 Å². The van der Waals surface area contributed by atoms with Crippen molar-refractivity contribution >= 4 is 11.6 Å². The largest absolute Gasteiger partial charge is 0.399 e. The van der Waals surface area contributed by atoms with Crippen molar-refractivity contribution in [3.05, 3.63) is 29.8 Å². The summed E-state index contributed by atoms with van der Waals surface area (Å²) in [6.07, 6.45) is 4.89. The minimum atomic E-state index is 0.0516. The molecule has 110 valence electrons. The third-order valence-electron chi connectivity index (χ3n) is 4.20. The number of anilines is 1. The lowest BCUT2D eigenvalue weighted by molar-refractivity contribution is 0.0770. The summed E-state index contributed by atoms with van der Waals surface area (Å²) in [4.78, 5) is 16.5. The molecule has 0 bridgehead atoms. The highest BCUT2D eigenvalue weighted by molar-refractivity contribution is 5.94. The van der Waals surface area contributed by atoms with Crippen molar-refractivity contribution < 1.29 is 4.79 Å². The summed E-state index contributed by atoms with van der Waals surface area (Å²) in [5.41, 5.74) is 7.03. The van der Waals surface area contributed by atoms with Crippen LogP contribution in [-0.4, -0.2) is 48.9 Å². The molecule has 4 heteroatoms. The molecule has 1 saturated heterocycles. The van der Waals surface area contributed by atoms with Gasteiger partial charge in [-0.15, -0.1) is 0 Å². The van der Waals surface area contributed by atoms with Crippen LogP contribution < -0.4 is 5.73 Å². The van der Waals surface area contributed by atoms with Crippen molar-refractivity contribution in [1.82, 2.24) is 9.80 Å². The van der Waals surface area contributed by atoms with Gasteiger partial charge in [0.1, 0.15) is 0 Å². The van der Waals surface area contributed by atoms with Crippen LogP contribution in [0.3, 0.4) is 0 Å². The van der Waals surface area contributed by atoms with Gasteiger partial charge in [0, 0.05) is 30.9 Å². The van der Waals surface area contributed by atoms with Crippen molar-refractivity contribution in [3.8, 4) is 0 Å². The molecule has 1 aromatic carbocycles. The standard InChI is InChI=1S/C16H25N3O/c1-18-10-4-3-8-15(18)9-11-19(2)16(20)13-6-5-7-14(17)12-13/h5-7,12,15H,3-4,8-11,17H2,1-2H3. The summed E-state index contributed by atoms with van der Waals surface area (Å²) in [5.74, 6) is 0.0516. The molecule has 1 amide bonds. The number of hydrogen-bond acceptors (Lipinski definition) is 3. The number of nitrogen functional groups attached to an aromatic ring is 1. The van der Waals surface area contributed by atoms with E-state index in [1.165, 1.54) is 25.8 Å². The lowest BCUT2D eigenvalue weighted by Gasteiger charge is -2.33. The molecule has 4 nitrogen and oxygen atoms in total. The summed E-state index contributed by atoms with van der Waals surface area (Å²) < 4.78 is 0. The summed E-state index contributed by atoms with van der Waals surface area (Å²) in [7, 11) is 4.05. The molecule has 0 radical (unpaired) electrons. The maximum Gasteiger partial charge on any atom is 0.253 e. The molecular weight excluding hydrogens is 250 g/mol. The Kier molecular flexibility index (Phi) is 5.01. The van der Waals surface area contributed by atoms with Gasteiger partial charge >= 0.3 is 0 Å². The summed E-state index contributed by atoms with van der Waals surface area (Å²) >= 11 is 0. The molecule has 0 spiro atoms. The molecule has 0 saturated carbocycles. The second-order valence-electron chi connectivity index (χ2n) is 5.77. The topological polar surface area (TPSA) is 49.6 Å². The molecule has 1 heterocycles. The van der Waals surface area contributed by atoms with E-state index in [0.29, 0.717) is 17.3 Å². The number of nitrogens with zero attached hydrogens (tertiary/aromatic N) is 2. The quantitative estimate of drug-likeness (QED) is 0.857. The average Bonchev–Trinajstić information content (AvgIpc) is 2.45. The number of rotatable bonds is 4. The Balaban J connectivity index is 1.88. The lowest BCUT2D eigenvalue weighted by atomic mass is 10.00. The second kappa shape index (κ2) is 6.75. The minimum absolute atomic E-state index is 0.0516. The Bertz CT molecular complexity index is 461. The van der Waals surface area contributed by atoms with Crippen LogP contribution in [0.15, 0.2) is 24.3 Å². The molecule has 1 aromatic rings. The number of carbonyl (C=O) groups excluding carboxylic acids is 1. The van der Waals surface area contributed by atoms with E-state index in [9.17, 15) is 4.79 Å². The zero-order chi connectivity index (χ0) is 14.5. The number of nitrogens with two attached hydrogens (primary N) is 1. The van der Waals surface area contributed by atoms with Crippen LogP contribution in [0.25, 0.3) is 0 Å². The van der Waals surface area contributed by atoms with Gasteiger partial charge in [-0.3, -0.25) is 4.79 Å². The third kappa shape index (κ3) is 3.73. The van der Waals surface area contributed by atoms with Gasteiger partial charge in [0.05, 0.1) is 0 Å². The van der Waals surface area contributed by atoms with Gasteiger partial charge in [-0.05, 0) is 51.1 Å². The van der Waals surface area contributed by atoms with Crippen molar-refractivity contribution in [2.45, 2.75) is 31.7 Å². The zero-order valence-corrected chi connectivity index (χ0v) is 12.5. The Labute approximate surface area is 121 Å². The molecule has 2 N–H and O–H groups in total. The minimum Gasteiger partial charge on any atom is -0.399 e. The van der Waals surface area contributed by atoms with E-state index >= 15 is 0 Å². The van der Waals surface area contributed by atoms with E-state index in [1.807, 2.05) is 19.2 Å². The molecule has 1 atom stereocenters. The van der Waals surface area contributed by atoms with Crippen LogP contribution in [0.2, 0.25) is 0 Å². The smallest absolute Gasteiger partial charge is 0.253 e. The highest BCUT2D eigenvalue weighted by atomic mass is 16.2. The van der Waals surface area contributed by atoms with Crippen molar-refractivity contribution in [2.75, 3.05) is 32.9 Å². The third-order valence-corrected chi connectivity index (χ3v) is 4.20. The van der Waals surface area contributed by atoms with Gasteiger partial charge in [0.15, 0.2) is 0 Å². The molecule has 1 unspecified atom stereocenters. The number of piperidine rings is 1. The normalized spacial score (nSPS) is 19.8. The van der Waals surface area contributed by atoms with Gasteiger partial charge in [0.2, 0.25) is 0 Å². The van der Waals surface area contributed by atoms with Crippen LogP contribution in [0.4, 0.5) is 5.69 Å². The predicted molar refractivity (Wildman–Crippen MR) is 82.7 cm³/mol. The van der Waals surface area contributed by atoms with Crippen LogP contribution in [0, 0.1) is 0 Å². The second-order valence-corrected chi connectivity index (χ2v) is 5.77. The number of benzene rings is 1. The first-order valence-electron chi connectivity index (χ1n) is 7.39. The van der Waals surface area contributed by atoms with E-state index in [4.69, 9.17) is 5.73 Å². The molecule has 0 aromatic heterocycles. The Hall–Kier alpha value is -1.55. The van der Waals surface area contributed by atoms with Gasteiger partial charge in [-0.1, -0.05) is 12.5 Å². The monoisotopic (exact) mass is 275 g/mol. The zero-order valence-electron chi connectivity index (χ0n) is 12.5. The van der Waals surface area contributed by atoms with Crippen LogP contribution >= 0.6 is 0 Å². The van der Waals surface area contributed by atoms with Crippen molar-refractivity contribution in [2.24, 2.45) is 0 Å². The first-order valence-corrected chi connectivity index (χ1v) is 7.39. The first-order chi connectivity index (χ1) is 9.58. The summed E-state index contributed by atoms with van der Waals surface area (Å²) in [6.45, 7) is 1.97. The molecule has 1 aliphatic rings. The number of amides is 1. The highest BCUT2D eigenvalue weighted by Crippen LogP contribution is 2.18. The maximum atomic E-state index is 12.3.